The summed E-state index contributed by atoms with van der Waals surface area (Å²) in [5, 5.41) is 3.24. The fourth-order valence-corrected chi connectivity index (χ4v) is 1.98. The van der Waals surface area contributed by atoms with Gasteiger partial charge in [0.1, 0.15) is 5.75 Å². The topological polar surface area (TPSA) is 64.3 Å². The molecule has 2 aromatic rings. The summed E-state index contributed by atoms with van der Waals surface area (Å²) in [5.41, 5.74) is 7.18. The maximum atomic E-state index is 12.2. The number of nitrogen functional groups attached to an aromatic ring is 1. The Morgan fingerprint density at radius 1 is 1.19 bits per heavy atom. The Morgan fingerprint density at radius 2 is 1.86 bits per heavy atom. The standard InChI is InChI=1S/C16H17ClN2O2/c1-10(2)21-13-6-4-12(5-7-13)19-16(20)14-9-11(17)3-8-15(14)18/h3-10H,18H2,1-2H3,(H,19,20). The van der Waals surface area contributed by atoms with Crippen molar-refractivity contribution in [1.29, 1.82) is 0 Å². The zero-order valence-corrected chi connectivity index (χ0v) is 12.6. The number of carbonyl (C=O) groups is 1. The van der Waals surface area contributed by atoms with Crippen LogP contribution in [0.25, 0.3) is 0 Å². The van der Waals surface area contributed by atoms with Crippen LogP contribution in [0.15, 0.2) is 42.5 Å². The van der Waals surface area contributed by atoms with Crippen molar-refractivity contribution in [3.63, 3.8) is 0 Å². The molecule has 2 aromatic carbocycles. The summed E-state index contributed by atoms with van der Waals surface area (Å²) in [5.74, 6) is 0.456. The smallest absolute Gasteiger partial charge is 0.257 e. The van der Waals surface area contributed by atoms with Crippen LogP contribution in [-0.2, 0) is 0 Å². The van der Waals surface area contributed by atoms with Crippen molar-refractivity contribution in [3.8, 4) is 5.75 Å². The van der Waals surface area contributed by atoms with E-state index in [0.717, 1.165) is 5.75 Å². The molecule has 5 heteroatoms. The number of benzene rings is 2. The SMILES string of the molecule is CC(C)Oc1ccc(NC(=O)c2cc(Cl)ccc2N)cc1. The van der Waals surface area contributed by atoms with E-state index in [1.807, 2.05) is 13.8 Å². The van der Waals surface area contributed by atoms with Crippen LogP contribution in [-0.4, -0.2) is 12.0 Å². The van der Waals surface area contributed by atoms with Gasteiger partial charge in [0.2, 0.25) is 0 Å². The van der Waals surface area contributed by atoms with Crippen LogP contribution in [0.3, 0.4) is 0 Å². The Hall–Kier alpha value is -2.20. The van der Waals surface area contributed by atoms with E-state index >= 15 is 0 Å². The first kappa shape index (κ1) is 15.2. The fraction of sp³-hybridized carbons (Fsp3) is 0.188. The highest BCUT2D eigenvalue weighted by molar-refractivity contribution is 6.31. The number of amides is 1. The Bertz CT molecular complexity index is 639. The highest BCUT2D eigenvalue weighted by atomic mass is 35.5. The van der Waals surface area contributed by atoms with E-state index < -0.39 is 0 Å². The molecule has 0 unspecified atom stereocenters. The number of anilines is 2. The maximum absolute atomic E-state index is 12.2. The van der Waals surface area contributed by atoms with E-state index in [1.54, 1.807) is 42.5 Å². The van der Waals surface area contributed by atoms with Gasteiger partial charge >= 0.3 is 0 Å². The third kappa shape index (κ3) is 4.13. The lowest BCUT2D eigenvalue weighted by Crippen LogP contribution is -2.14. The average Bonchev–Trinajstić information content (AvgIpc) is 2.43. The van der Waals surface area contributed by atoms with Gasteiger partial charge in [-0.05, 0) is 56.3 Å². The third-order valence-corrected chi connectivity index (χ3v) is 2.98. The minimum absolute atomic E-state index is 0.108. The molecule has 0 fully saturated rings. The van der Waals surface area contributed by atoms with Gasteiger partial charge in [0.15, 0.2) is 0 Å². The molecule has 0 radical (unpaired) electrons. The number of nitrogens with one attached hydrogen (secondary N) is 1. The van der Waals surface area contributed by atoms with Crippen molar-refractivity contribution in [2.24, 2.45) is 0 Å². The molecule has 110 valence electrons. The first-order chi connectivity index (χ1) is 9.95. The second-order valence-electron chi connectivity index (χ2n) is 4.88. The third-order valence-electron chi connectivity index (χ3n) is 2.74. The number of halogens is 1. The molecule has 0 saturated heterocycles. The van der Waals surface area contributed by atoms with Gasteiger partial charge in [0.05, 0.1) is 11.7 Å². The van der Waals surface area contributed by atoms with E-state index in [1.165, 1.54) is 0 Å². The van der Waals surface area contributed by atoms with Gasteiger partial charge in [0.25, 0.3) is 5.91 Å². The Kier molecular flexibility index (Phi) is 4.70. The van der Waals surface area contributed by atoms with Crippen molar-refractivity contribution < 1.29 is 9.53 Å². The van der Waals surface area contributed by atoms with Crippen LogP contribution in [0.5, 0.6) is 5.75 Å². The van der Waals surface area contributed by atoms with Gasteiger partial charge in [-0.2, -0.15) is 0 Å². The maximum Gasteiger partial charge on any atom is 0.257 e. The van der Waals surface area contributed by atoms with Crippen LogP contribution in [0.1, 0.15) is 24.2 Å². The summed E-state index contributed by atoms with van der Waals surface area (Å²) in [6, 6.07) is 11.9. The molecule has 0 aliphatic carbocycles. The van der Waals surface area contributed by atoms with E-state index in [4.69, 9.17) is 22.1 Å². The van der Waals surface area contributed by atoms with Gasteiger partial charge < -0.3 is 15.8 Å². The largest absolute Gasteiger partial charge is 0.491 e. The summed E-state index contributed by atoms with van der Waals surface area (Å²) in [7, 11) is 0. The summed E-state index contributed by atoms with van der Waals surface area (Å²) in [6.45, 7) is 3.91. The summed E-state index contributed by atoms with van der Waals surface area (Å²) in [4.78, 5) is 12.2. The van der Waals surface area contributed by atoms with Gasteiger partial charge in [0, 0.05) is 16.4 Å². The molecule has 2 rings (SSSR count). The quantitative estimate of drug-likeness (QED) is 0.840. The molecule has 0 aromatic heterocycles. The van der Waals surface area contributed by atoms with Crippen LogP contribution >= 0.6 is 11.6 Å². The Labute approximate surface area is 128 Å². The molecule has 0 atom stereocenters. The van der Waals surface area contributed by atoms with Crippen molar-refractivity contribution in [2.75, 3.05) is 11.1 Å². The van der Waals surface area contributed by atoms with Gasteiger partial charge in [-0.15, -0.1) is 0 Å². The molecular formula is C16H17ClN2O2. The number of carbonyl (C=O) groups excluding carboxylic acids is 1. The first-order valence-corrected chi connectivity index (χ1v) is 6.96. The normalized spacial score (nSPS) is 10.5. The Morgan fingerprint density at radius 3 is 2.48 bits per heavy atom. The number of hydrogen-bond donors (Lipinski definition) is 2. The predicted molar refractivity (Wildman–Crippen MR) is 86.0 cm³/mol. The molecule has 4 nitrogen and oxygen atoms in total. The Balaban J connectivity index is 2.10. The molecular weight excluding hydrogens is 288 g/mol. The zero-order chi connectivity index (χ0) is 15.4. The van der Waals surface area contributed by atoms with E-state index in [0.29, 0.717) is 22.0 Å². The molecule has 0 aliphatic rings. The molecule has 0 saturated carbocycles. The highest BCUT2D eigenvalue weighted by Gasteiger charge is 2.10. The average molecular weight is 305 g/mol. The molecule has 21 heavy (non-hydrogen) atoms. The zero-order valence-electron chi connectivity index (χ0n) is 11.9. The van der Waals surface area contributed by atoms with Crippen molar-refractivity contribution >= 4 is 28.9 Å². The van der Waals surface area contributed by atoms with Crippen LogP contribution in [0, 0.1) is 0 Å². The van der Waals surface area contributed by atoms with Gasteiger partial charge in [-0.1, -0.05) is 11.6 Å². The summed E-state index contributed by atoms with van der Waals surface area (Å²) in [6.07, 6.45) is 0.108. The number of hydrogen-bond acceptors (Lipinski definition) is 3. The highest BCUT2D eigenvalue weighted by Crippen LogP contribution is 2.21. The first-order valence-electron chi connectivity index (χ1n) is 6.59. The molecule has 0 heterocycles. The molecule has 0 bridgehead atoms. The predicted octanol–water partition coefficient (Wildman–Crippen LogP) is 3.96. The van der Waals surface area contributed by atoms with Gasteiger partial charge in [-0.25, -0.2) is 0 Å². The lowest BCUT2D eigenvalue weighted by molar-refractivity contribution is 0.102. The number of rotatable bonds is 4. The van der Waals surface area contributed by atoms with Crippen LogP contribution in [0.4, 0.5) is 11.4 Å². The van der Waals surface area contributed by atoms with Crippen LogP contribution < -0.4 is 15.8 Å². The number of ether oxygens (including phenoxy) is 1. The lowest BCUT2D eigenvalue weighted by Gasteiger charge is -2.11. The lowest BCUT2D eigenvalue weighted by atomic mass is 10.1. The molecule has 0 spiro atoms. The summed E-state index contributed by atoms with van der Waals surface area (Å²) < 4.78 is 5.54. The van der Waals surface area contributed by atoms with E-state index in [9.17, 15) is 4.79 Å². The van der Waals surface area contributed by atoms with Crippen molar-refractivity contribution in [2.45, 2.75) is 20.0 Å². The van der Waals surface area contributed by atoms with Gasteiger partial charge in [-0.3, -0.25) is 4.79 Å². The molecule has 3 N–H and O–H groups in total. The minimum Gasteiger partial charge on any atom is -0.491 e. The van der Waals surface area contributed by atoms with Crippen molar-refractivity contribution in [1.82, 2.24) is 0 Å². The molecule has 0 aliphatic heterocycles. The second-order valence-corrected chi connectivity index (χ2v) is 5.31. The number of nitrogens with two attached hydrogens (primary N) is 1. The fourth-order valence-electron chi connectivity index (χ4n) is 1.81. The monoisotopic (exact) mass is 304 g/mol. The summed E-state index contributed by atoms with van der Waals surface area (Å²) >= 11 is 5.88. The van der Waals surface area contributed by atoms with E-state index in [-0.39, 0.29) is 12.0 Å². The molecule has 1 amide bonds. The van der Waals surface area contributed by atoms with Crippen LogP contribution in [0.2, 0.25) is 5.02 Å². The van der Waals surface area contributed by atoms with E-state index in [2.05, 4.69) is 5.32 Å². The minimum atomic E-state index is -0.299. The van der Waals surface area contributed by atoms with Crippen molar-refractivity contribution in [3.05, 3.63) is 53.1 Å². The second kappa shape index (κ2) is 6.50.